The molecule has 2 atom stereocenters. The lowest BCUT2D eigenvalue weighted by Gasteiger charge is -2.33. The first-order chi connectivity index (χ1) is 7.79. The van der Waals surface area contributed by atoms with Crippen LogP contribution in [-0.4, -0.2) is 24.3 Å². The van der Waals surface area contributed by atoms with Gasteiger partial charge in [-0.1, -0.05) is 30.3 Å². The largest absolute Gasteiger partial charge is 0.330 e. The highest BCUT2D eigenvalue weighted by atomic mass is 19.2. The summed E-state index contributed by atoms with van der Waals surface area (Å²) in [6.45, 7) is 1.21. The second-order valence-corrected chi connectivity index (χ2v) is 4.59. The van der Waals surface area contributed by atoms with Gasteiger partial charge in [-0.15, -0.1) is 9.60 Å². The molecular weight excluding hydrogens is 203 g/mol. The molecule has 0 saturated carbocycles. The van der Waals surface area contributed by atoms with Crippen LogP contribution in [0.4, 0.5) is 4.48 Å². The van der Waals surface area contributed by atoms with E-state index in [1.807, 2.05) is 18.2 Å². The summed E-state index contributed by atoms with van der Waals surface area (Å²) in [7, 11) is 0. The minimum atomic E-state index is 0.00435. The van der Waals surface area contributed by atoms with Gasteiger partial charge in [0.2, 0.25) is 0 Å². The van der Waals surface area contributed by atoms with Crippen LogP contribution in [0.2, 0.25) is 0 Å². The molecule has 1 saturated heterocycles. The number of halogens is 1. The molecule has 1 heterocycles. The summed E-state index contributed by atoms with van der Waals surface area (Å²) in [5.41, 5.74) is 6.87. The smallest absolute Gasteiger partial charge is 0.0445 e. The highest BCUT2D eigenvalue weighted by Gasteiger charge is 2.27. The van der Waals surface area contributed by atoms with Crippen molar-refractivity contribution in [2.45, 2.75) is 25.3 Å². The molecule has 0 aliphatic carbocycles. The van der Waals surface area contributed by atoms with Crippen molar-refractivity contribution >= 4 is 0 Å². The molecule has 0 amide bonds. The van der Waals surface area contributed by atoms with Gasteiger partial charge in [-0.05, 0) is 37.3 Å². The summed E-state index contributed by atoms with van der Waals surface area (Å²) < 4.78 is 13.6. The van der Waals surface area contributed by atoms with E-state index in [4.69, 9.17) is 5.73 Å². The van der Waals surface area contributed by atoms with E-state index in [9.17, 15) is 4.48 Å². The fraction of sp³-hybridized carbons (Fsp3) is 0.538. The van der Waals surface area contributed by atoms with Gasteiger partial charge in [0.25, 0.3) is 0 Å². The van der Waals surface area contributed by atoms with Crippen LogP contribution in [0.15, 0.2) is 30.3 Å². The number of hydrogen-bond acceptors (Lipinski definition) is 2. The molecule has 0 bridgehead atoms. The summed E-state index contributed by atoms with van der Waals surface area (Å²) >= 11 is 0. The van der Waals surface area contributed by atoms with E-state index < -0.39 is 0 Å². The summed E-state index contributed by atoms with van der Waals surface area (Å²) in [5.74, 6) is 0.487. The van der Waals surface area contributed by atoms with Crippen molar-refractivity contribution < 1.29 is 4.48 Å². The maximum atomic E-state index is 13.6. The van der Waals surface area contributed by atoms with E-state index >= 15 is 0 Å². The Morgan fingerprint density at radius 2 is 2.06 bits per heavy atom. The molecule has 0 spiro atoms. The summed E-state index contributed by atoms with van der Waals surface area (Å²) in [6, 6.07) is 10.1. The van der Waals surface area contributed by atoms with Gasteiger partial charge in [-0.25, -0.2) is 0 Å². The Morgan fingerprint density at radius 3 is 2.75 bits per heavy atom. The zero-order valence-electron chi connectivity index (χ0n) is 9.48. The Kier molecular flexibility index (Phi) is 3.91. The number of rotatable bonds is 3. The number of piperidine rings is 1. The molecule has 88 valence electrons. The molecule has 1 aromatic rings. The average Bonchev–Trinajstić information content (AvgIpc) is 2.33. The first kappa shape index (κ1) is 11.6. The van der Waals surface area contributed by atoms with Crippen molar-refractivity contribution in [1.29, 1.82) is 0 Å². The molecule has 2 nitrogen and oxygen atoms in total. The fourth-order valence-electron chi connectivity index (χ4n) is 2.39. The Morgan fingerprint density at radius 1 is 1.31 bits per heavy atom. The average molecular weight is 222 g/mol. The van der Waals surface area contributed by atoms with E-state index in [2.05, 4.69) is 12.1 Å². The van der Waals surface area contributed by atoms with Gasteiger partial charge in [0, 0.05) is 12.6 Å². The van der Waals surface area contributed by atoms with E-state index in [1.54, 1.807) is 0 Å². The molecule has 2 rings (SSSR count). The van der Waals surface area contributed by atoms with Crippen LogP contribution in [0.1, 0.15) is 18.4 Å². The maximum absolute atomic E-state index is 13.6. The van der Waals surface area contributed by atoms with Gasteiger partial charge in [0.15, 0.2) is 0 Å². The first-order valence-electron chi connectivity index (χ1n) is 5.96. The van der Waals surface area contributed by atoms with Crippen LogP contribution in [0.3, 0.4) is 0 Å². The monoisotopic (exact) mass is 222 g/mol. The van der Waals surface area contributed by atoms with Gasteiger partial charge in [0.05, 0.1) is 0 Å². The van der Waals surface area contributed by atoms with Gasteiger partial charge in [-0.3, -0.25) is 0 Å². The number of nitrogens with two attached hydrogens (primary N) is 1. The first-order valence-corrected chi connectivity index (χ1v) is 5.96. The lowest BCUT2D eigenvalue weighted by molar-refractivity contribution is -0.0572. The highest BCUT2D eigenvalue weighted by molar-refractivity contribution is 5.16. The maximum Gasteiger partial charge on any atom is 0.0445 e. The number of benzene rings is 1. The SMILES string of the molecule is NCC1CCN(F)C(Cc2ccccc2)C1. The van der Waals surface area contributed by atoms with Crippen LogP contribution in [0.5, 0.6) is 0 Å². The molecule has 2 N–H and O–H groups in total. The second kappa shape index (κ2) is 5.41. The molecule has 0 radical (unpaired) electrons. The standard InChI is InChI=1S/C13H19FN2/c14-16-7-6-12(10-15)9-13(16)8-11-4-2-1-3-5-11/h1-5,12-13H,6-10,15H2. The minimum absolute atomic E-state index is 0.00435. The van der Waals surface area contributed by atoms with Crippen molar-refractivity contribution in [1.82, 2.24) is 5.12 Å². The van der Waals surface area contributed by atoms with Crippen molar-refractivity contribution in [2.75, 3.05) is 13.1 Å². The normalized spacial score (nSPS) is 26.9. The number of nitrogens with zero attached hydrogens (tertiary/aromatic N) is 1. The van der Waals surface area contributed by atoms with Crippen LogP contribution in [0, 0.1) is 5.92 Å². The Balaban J connectivity index is 1.97. The van der Waals surface area contributed by atoms with Crippen molar-refractivity contribution in [2.24, 2.45) is 11.7 Å². The van der Waals surface area contributed by atoms with Crippen molar-refractivity contribution in [3.8, 4) is 0 Å². The molecule has 1 aliphatic rings. The zero-order valence-corrected chi connectivity index (χ0v) is 9.48. The second-order valence-electron chi connectivity index (χ2n) is 4.59. The lowest BCUT2D eigenvalue weighted by Crippen LogP contribution is -2.40. The molecule has 2 unspecified atom stereocenters. The van der Waals surface area contributed by atoms with Gasteiger partial charge in [0.1, 0.15) is 0 Å². The molecule has 1 fully saturated rings. The summed E-state index contributed by atoms with van der Waals surface area (Å²) in [5, 5.41) is 0.985. The van der Waals surface area contributed by atoms with Crippen LogP contribution < -0.4 is 5.73 Å². The predicted molar refractivity (Wildman–Crippen MR) is 63.5 cm³/mol. The van der Waals surface area contributed by atoms with Crippen LogP contribution in [-0.2, 0) is 6.42 Å². The molecule has 1 aliphatic heterocycles. The van der Waals surface area contributed by atoms with E-state index in [-0.39, 0.29) is 6.04 Å². The van der Waals surface area contributed by atoms with Crippen molar-refractivity contribution in [3.05, 3.63) is 35.9 Å². The van der Waals surface area contributed by atoms with Crippen LogP contribution >= 0.6 is 0 Å². The quantitative estimate of drug-likeness (QED) is 0.794. The van der Waals surface area contributed by atoms with E-state index in [0.29, 0.717) is 19.0 Å². The predicted octanol–water partition coefficient (Wildman–Crippen LogP) is 2.15. The van der Waals surface area contributed by atoms with E-state index in [1.165, 1.54) is 5.56 Å². The van der Waals surface area contributed by atoms with Gasteiger partial charge < -0.3 is 5.73 Å². The Labute approximate surface area is 96.2 Å². The summed E-state index contributed by atoms with van der Waals surface area (Å²) in [4.78, 5) is 0. The third kappa shape index (κ3) is 2.80. The third-order valence-electron chi connectivity index (χ3n) is 3.40. The molecular formula is C13H19FN2. The number of hydrogen-bond donors (Lipinski definition) is 1. The summed E-state index contributed by atoms with van der Waals surface area (Å²) in [6.07, 6.45) is 2.55. The minimum Gasteiger partial charge on any atom is -0.330 e. The molecule has 0 aromatic heterocycles. The Hall–Kier alpha value is -0.930. The molecule has 3 heteroatoms. The third-order valence-corrected chi connectivity index (χ3v) is 3.40. The highest BCUT2D eigenvalue weighted by Crippen LogP contribution is 2.24. The molecule has 16 heavy (non-hydrogen) atoms. The van der Waals surface area contributed by atoms with Crippen molar-refractivity contribution in [3.63, 3.8) is 0 Å². The van der Waals surface area contributed by atoms with E-state index in [0.717, 1.165) is 24.4 Å². The van der Waals surface area contributed by atoms with Gasteiger partial charge >= 0.3 is 0 Å². The molecule has 1 aromatic carbocycles. The Bertz CT molecular complexity index is 315. The van der Waals surface area contributed by atoms with Gasteiger partial charge in [-0.2, -0.15) is 0 Å². The zero-order chi connectivity index (χ0) is 11.4. The lowest BCUT2D eigenvalue weighted by atomic mass is 9.89. The van der Waals surface area contributed by atoms with Crippen LogP contribution in [0.25, 0.3) is 0 Å². The topological polar surface area (TPSA) is 29.3 Å². The fourth-order valence-corrected chi connectivity index (χ4v) is 2.39.